The van der Waals surface area contributed by atoms with Crippen LogP contribution >= 0.6 is 0 Å². The fourth-order valence-corrected chi connectivity index (χ4v) is 2.82. The van der Waals surface area contributed by atoms with Crippen LogP contribution in [0.2, 0.25) is 0 Å². The molecule has 6 heteroatoms. The van der Waals surface area contributed by atoms with Gasteiger partial charge in [-0.1, -0.05) is 12.1 Å². The number of hydrogen-bond donors (Lipinski definition) is 0. The standard InChI is InChI=1S/C17H15NO5/c1-10-3-8-13-14(17(10)22-2)9-15(16(13)19)23-12-6-4-11(5-7-12)18(20)21/h3-8,15H,9H2,1-2H3. The summed E-state index contributed by atoms with van der Waals surface area (Å²) in [4.78, 5) is 22.6. The number of nitrogens with zero attached hydrogens (tertiary/aromatic N) is 1. The third-order valence-electron chi connectivity index (χ3n) is 3.93. The largest absolute Gasteiger partial charge is 0.496 e. The normalized spacial score (nSPS) is 16.1. The Morgan fingerprint density at radius 2 is 1.87 bits per heavy atom. The molecule has 1 aliphatic rings. The number of nitro benzene ring substituents is 1. The van der Waals surface area contributed by atoms with Crippen LogP contribution in [0.15, 0.2) is 36.4 Å². The van der Waals surface area contributed by atoms with E-state index in [1.807, 2.05) is 13.0 Å². The molecule has 0 N–H and O–H groups in total. The lowest BCUT2D eigenvalue weighted by Gasteiger charge is -2.12. The van der Waals surface area contributed by atoms with Crippen molar-refractivity contribution in [3.8, 4) is 11.5 Å². The highest BCUT2D eigenvalue weighted by atomic mass is 16.6. The molecule has 0 spiro atoms. The number of carbonyl (C=O) groups is 1. The first-order valence-electron chi connectivity index (χ1n) is 7.13. The molecule has 118 valence electrons. The number of nitro groups is 1. The predicted molar refractivity (Wildman–Crippen MR) is 83.3 cm³/mol. The van der Waals surface area contributed by atoms with E-state index < -0.39 is 11.0 Å². The average molecular weight is 313 g/mol. The quantitative estimate of drug-likeness (QED) is 0.640. The van der Waals surface area contributed by atoms with Crippen molar-refractivity contribution in [2.45, 2.75) is 19.4 Å². The maximum absolute atomic E-state index is 12.5. The number of carbonyl (C=O) groups excluding carboxylic acids is 1. The molecule has 2 aromatic rings. The lowest BCUT2D eigenvalue weighted by Crippen LogP contribution is -2.23. The van der Waals surface area contributed by atoms with Crippen LogP contribution in [0.1, 0.15) is 21.5 Å². The molecule has 1 aliphatic carbocycles. The van der Waals surface area contributed by atoms with Gasteiger partial charge < -0.3 is 9.47 Å². The van der Waals surface area contributed by atoms with Crippen LogP contribution in [0.5, 0.6) is 11.5 Å². The Morgan fingerprint density at radius 3 is 2.48 bits per heavy atom. The fourth-order valence-electron chi connectivity index (χ4n) is 2.82. The van der Waals surface area contributed by atoms with Crippen molar-refractivity contribution >= 4 is 11.5 Å². The van der Waals surface area contributed by atoms with Gasteiger partial charge >= 0.3 is 0 Å². The van der Waals surface area contributed by atoms with Gasteiger partial charge in [0, 0.05) is 29.7 Å². The second-order valence-electron chi connectivity index (χ2n) is 5.37. The first-order chi connectivity index (χ1) is 11.0. The molecule has 0 aromatic heterocycles. The molecule has 0 bridgehead atoms. The molecule has 0 radical (unpaired) electrons. The first-order valence-corrected chi connectivity index (χ1v) is 7.13. The van der Waals surface area contributed by atoms with Gasteiger partial charge in [0.15, 0.2) is 6.10 Å². The topological polar surface area (TPSA) is 78.7 Å². The summed E-state index contributed by atoms with van der Waals surface area (Å²) >= 11 is 0. The van der Waals surface area contributed by atoms with Crippen LogP contribution in [0.25, 0.3) is 0 Å². The second-order valence-corrected chi connectivity index (χ2v) is 5.37. The number of ether oxygens (including phenoxy) is 2. The Morgan fingerprint density at radius 1 is 1.17 bits per heavy atom. The summed E-state index contributed by atoms with van der Waals surface area (Å²) < 4.78 is 11.1. The molecular weight excluding hydrogens is 298 g/mol. The van der Waals surface area contributed by atoms with Gasteiger partial charge in [-0.2, -0.15) is 0 Å². The summed E-state index contributed by atoms with van der Waals surface area (Å²) in [5.41, 5.74) is 2.41. The third kappa shape index (κ3) is 2.63. The molecule has 1 unspecified atom stereocenters. The van der Waals surface area contributed by atoms with E-state index in [4.69, 9.17) is 9.47 Å². The van der Waals surface area contributed by atoms with Crippen LogP contribution in [0.3, 0.4) is 0 Å². The van der Waals surface area contributed by atoms with Crippen LogP contribution in [-0.4, -0.2) is 23.9 Å². The van der Waals surface area contributed by atoms with E-state index in [0.29, 0.717) is 23.5 Å². The maximum atomic E-state index is 12.5. The average Bonchev–Trinajstić information content (AvgIpc) is 2.84. The summed E-state index contributed by atoms with van der Waals surface area (Å²) in [5, 5.41) is 10.7. The van der Waals surface area contributed by atoms with Crippen molar-refractivity contribution in [1.82, 2.24) is 0 Å². The van der Waals surface area contributed by atoms with Crippen molar-refractivity contribution in [3.63, 3.8) is 0 Å². The highest BCUT2D eigenvalue weighted by Crippen LogP contribution is 2.35. The Hall–Kier alpha value is -2.89. The van der Waals surface area contributed by atoms with Crippen LogP contribution in [-0.2, 0) is 6.42 Å². The Labute approximate surface area is 132 Å². The van der Waals surface area contributed by atoms with Crippen molar-refractivity contribution < 1.29 is 19.2 Å². The minimum atomic E-state index is -0.637. The molecule has 2 aromatic carbocycles. The van der Waals surface area contributed by atoms with Crippen molar-refractivity contribution in [1.29, 1.82) is 0 Å². The van der Waals surface area contributed by atoms with E-state index in [2.05, 4.69) is 0 Å². The van der Waals surface area contributed by atoms with Gasteiger partial charge in [0.1, 0.15) is 11.5 Å². The Bertz CT molecular complexity index is 782. The van der Waals surface area contributed by atoms with Crippen molar-refractivity contribution in [2.75, 3.05) is 7.11 Å². The molecule has 0 heterocycles. The van der Waals surface area contributed by atoms with E-state index in [9.17, 15) is 14.9 Å². The zero-order valence-corrected chi connectivity index (χ0v) is 12.7. The minimum Gasteiger partial charge on any atom is -0.496 e. The van der Waals surface area contributed by atoms with Gasteiger partial charge in [-0.15, -0.1) is 0 Å². The lowest BCUT2D eigenvalue weighted by atomic mass is 10.1. The SMILES string of the molecule is COc1c(C)ccc2c1CC(Oc1ccc([N+](=O)[O-])cc1)C2=O. The van der Waals surface area contributed by atoms with Crippen molar-refractivity contribution in [2.24, 2.45) is 0 Å². The lowest BCUT2D eigenvalue weighted by molar-refractivity contribution is -0.384. The van der Waals surface area contributed by atoms with Gasteiger partial charge in [0.2, 0.25) is 5.78 Å². The molecule has 3 rings (SSSR count). The fraction of sp³-hybridized carbons (Fsp3) is 0.235. The van der Waals surface area contributed by atoms with Gasteiger partial charge in [-0.25, -0.2) is 0 Å². The number of fused-ring (bicyclic) bond motifs is 1. The number of aryl methyl sites for hydroxylation is 1. The molecular formula is C17H15NO5. The van der Waals surface area contributed by atoms with Crippen LogP contribution < -0.4 is 9.47 Å². The monoisotopic (exact) mass is 313 g/mol. The van der Waals surface area contributed by atoms with Crippen LogP contribution in [0.4, 0.5) is 5.69 Å². The summed E-state index contributed by atoms with van der Waals surface area (Å²) in [6.07, 6.45) is -0.210. The van der Waals surface area contributed by atoms with Crippen molar-refractivity contribution in [3.05, 3.63) is 63.2 Å². The summed E-state index contributed by atoms with van der Waals surface area (Å²) in [6, 6.07) is 9.34. The third-order valence-corrected chi connectivity index (χ3v) is 3.93. The van der Waals surface area contributed by atoms with E-state index in [-0.39, 0.29) is 11.5 Å². The van der Waals surface area contributed by atoms with Crippen LogP contribution in [0, 0.1) is 17.0 Å². The molecule has 0 amide bonds. The first kappa shape index (κ1) is 15.0. The molecule has 0 fully saturated rings. The van der Waals surface area contributed by atoms with Gasteiger partial charge in [0.25, 0.3) is 5.69 Å². The van der Waals surface area contributed by atoms with Gasteiger partial charge in [0.05, 0.1) is 12.0 Å². The second kappa shape index (κ2) is 5.72. The van der Waals surface area contributed by atoms with E-state index in [0.717, 1.165) is 11.1 Å². The summed E-state index contributed by atoms with van der Waals surface area (Å²) in [6.45, 7) is 1.92. The minimum absolute atomic E-state index is 0.0179. The predicted octanol–water partition coefficient (Wildman–Crippen LogP) is 3.10. The molecule has 0 saturated heterocycles. The summed E-state index contributed by atoms with van der Waals surface area (Å²) in [5.74, 6) is 1.04. The molecule has 6 nitrogen and oxygen atoms in total. The molecule has 1 atom stereocenters. The number of ketones is 1. The highest BCUT2D eigenvalue weighted by Gasteiger charge is 2.35. The van der Waals surface area contributed by atoms with E-state index >= 15 is 0 Å². The van der Waals surface area contributed by atoms with E-state index in [1.165, 1.54) is 24.3 Å². The zero-order valence-electron chi connectivity index (χ0n) is 12.7. The molecule has 23 heavy (non-hydrogen) atoms. The Kier molecular flexibility index (Phi) is 3.73. The number of rotatable bonds is 4. The molecule has 0 saturated carbocycles. The smallest absolute Gasteiger partial charge is 0.269 e. The number of hydrogen-bond acceptors (Lipinski definition) is 5. The number of methoxy groups -OCH3 is 1. The highest BCUT2D eigenvalue weighted by molar-refractivity contribution is 6.05. The molecule has 0 aliphatic heterocycles. The number of Topliss-reactive ketones (excluding diaryl/α,β-unsaturated/α-hetero) is 1. The summed E-state index contributed by atoms with van der Waals surface area (Å²) in [7, 11) is 1.58. The number of benzene rings is 2. The van der Waals surface area contributed by atoms with Gasteiger partial charge in [-0.3, -0.25) is 14.9 Å². The van der Waals surface area contributed by atoms with E-state index in [1.54, 1.807) is 13.2 Å². The van der Waals surface area contributed by atoms with Gasteiger partial charge in [-0.05, 0) is 24.6 Å². The zero-order chi connectivity index (χ0) is 16.6. The maximum Gasteiger partial charge on any atom is 0.269 e. The Balaban J connectivity index is 1.83. The number of non-ortho nitro benzene ring substituents is 1.